The van der Waals surface area contributed by atoms with Gasteiger partial charge in [0.1, 0.15) is 12.4 Å². The van der Waals surface area contributed by atoms with Crippen LogP contribution < -0.4 is 10.1 Å². The summed E-state index contributed by atoms with van der Waals surface area (Å²) in [4.78, 5) is 38.0. The molecule has 3 atom stereocenters. The van der Waals surface area contributed by atoms with Gasteiger partial charge in [0, 0.05) is 44.9 Å². The van der Waals surface area contributed by atoms with Gasteiger partial charge in [0.05, 0.1) is 10.8 Å². The second-order valence-corrected chi connectivity index (χ2v) is 9.80. The lowest BCUT2D eigenvalue weighted by Crippen LogP contribution is -2.54. The van der Waals surface area contributed by atoms with Gasteiger partial charge in [0.15, 0.2) is 5.54 Å². The molecule has 3 aromatic carbocycles. The monoisotopic (exact) mass is 552 g/mol. The first kappa shape index (κ1) is 23.9. The number of carbonyl (C=O) groups excluding carboxylic acids is 1. The van der Waals surface area contributed by atoms with Crippen molar-refractivity contribution in [1.82, 2.24) is 4.90 Å². The molecule has 2 heterocycles. The van der Waals surface area contributed by atoms with E-state index in [4.69, 9.17) is 4.74 Å². The lowest BCUT2D eigenvalue weighted by molar-refractivity contribution is -0.534. The first-order valence-corrected chi connectivity index (χ1v) is 11.9. The van der Waals surface area contributed by atoms with E-state index in [0.717, 1.165) is 0 Å². The third-order valence-electron chi connectivity index (χ3n) is 6.93. The van der Waals surface area contributed by atoms with Crippen molar-refractivity contribution >= 4 is 33.2 Å². The van der Waals surface area contributed by atoms with Crippen LogP contribution in [0.4, 0.5) is 11.4 Å². The highest BCUT2D eigenvalue weighted by atomic mass is 79.9. The number of ether oxygens (including phenoxy) is 1. The minimum absolute atomic E-state index is 0.0382. The molecule has 0 unspecified atom stereocenters. The third kappa shape index (κ3) is 3.71. The number of nitrogens with zero attached hydrogens (tertiary/aromatic N) is 3. The van der Waals surface area contributed by atoms with E-state index >= 15 is 0 Å². The minimum atomic E-state index is -1.47. The SMILES string of the molecule is CN1C[C@H](c2cc(Br)ccc2OCc2cccc([N+](=O)[O-])c2)[C@@H]([N+](=O)[O-])[C@]12C(=O)Nc1ccccc12. The molecule has 0 radical (unpaired) electrons. The Kier molecular flexibility index (Phi) is 5.97. The molecule has 2 aliphatic rings. The zero-order chi connectivity index (χ0) is 25.6. The lowest BCUT2D eigenvalue weighted by Gasteiger charge is -2.30. The molecule has 5 rings (SSSR count). The number of carbonyl (C=O) groups is 1. The first-order valence-electron chi connectivity index (χ1n) is 11.1. The molecule has 0 bridgehead atoms. The average molecular weight is 553 g/mol. The van der Waals surface area contributed by atoms with Gasteiger partial charge in [0.2, 0.25) is 0 Å². The van der Waals surface area contributed by atoms with E-state index in [2.05, 4.69) is 21.2 Å². The summed E-state index contributed by atoms with van der Waals surface area (Å²) in [7, 11) is 1.72. The Morgan fingerprint density at radius 2 is 1.89 bits per heavy atom. The van der Waals surface area contributed by atoms with Crippen LogP contribution >= 0.6 is 15.9 Å². The molecular weight excluding hydrogens is 532 g/mol. The van der Waals surface area contributed by atoms with Crippen LogP contribution in [0.25, 0.3) is 0 Å². The molecule has 0 aliphatic carbocycles. The fourth-order valence-corrected chi connectivity index (χ4v) is 5.80. The Morgan fingerprint density at radius 1 is 1.11 bits per heavy atom. The van der Waals surface area contributed by atoms with Gasteiger partial charge in [-0.15, -0.1) is 0 Å². The van der Waals surface area contributed by atoms with E-state index in [1.807, 2.05) is 0 Å². The van der Waals surface area contributed by atoms with E-state index in [9.17, 15) is 25.0 Å². The van der Waals surface area contributed by atoms with Crippen molar-refractivity contribution in [2.24, 2.45) is 0 Å². The highest BCUT2D eigenvalue weighted by Gasteiger charge is 2.68. The molecule has 10 nitrogen and oxygen atoms in total. The van der Waals surface area contributed by atoms with Crippen molar-refractivity contribution in [3.63, 3.8) is 0 Å². The molecule has 1 saturated heterocycles. The summed E-state index contributed by atoms with van der Waals surface area (Å²) in [5, 5.41) is 26.5. The number of nitro groups is 2. The number of amides is 1. The minimum Gasteiger partial charge on any atom is -0.489 e. The summed E-state index contributed by atoms with van der Waals surface area (Å²) in [6.45, 7) is 0.285. The number of benzene rings is 3. The van der Waals surface area contributed by atoms with Gasteiger partial charge in [-0.25, -0.2) is 0 Å². The van der Waals surface area contributed by atoms with Crippen molar-refractivity contribution in [1.29, 1.82) is 0 Å². The van der Waals surface area contributed by atoms with Crippen molar-refractivity contribution in [2.75, 3.05) is 18.9 Å². The molecule has 1 fully saturated rings. The fourth-order valence-electron chi connectivity index (χ4n) is 5.42. The van der Waals surface area contributed by atoms with E-state index in [1.54, 1.807) is 66.5 Å². The van der Waals surface area contributed by atoms with Gasteiger partial charge >= 0.3 is 0 Å². The van der Waals surface area contributed by atoms with Crippen LogP contribution in [0.1, 0.15) is 22.6 Å². The van der Waals surface area contributed by atoms with Crippen molar-refractivity contribution < 1.29 is 19.4 Å². The number of fused-ring (bicyclic) bond motifs is 2. The number of nitrogens with one attached hydrogen (secondary N) is 1. The maximum Gasteiger partial charge on any atom is 0.269 e. The van der Waals surface area contributed by atoms with E-state index in [-0.39, 0.29) is 23.8 Å². The van der Waals surface area contributed by atoms with Crippen molar-refractivity contribution in [3.8, 4) is 5.75 Å². The fraction of sp³-hybridized carbons (Fsp3) is 0.240. The Labute approximate surface area is 214 Å². The van der Waals surface area contributed by atoms with Gasteiger partial charge in [-0.3, -0.25) is 29.9 Å². The average Bonchev–Trinajstić information content (AvgIpc) is 3.33. The van der Waals surface area contributed by atoms with Gasteiger partial charge in [-0.05, 0) is 36.9 Å². The molecule has 1 spiro atoms. The molecule has 1 N–H and O–H groups in total. The Bertz CT molecular complexity index is 1400. The van der Waals surface area contributed by atoms with Crippen molar-refractivity contribution in [2.45, 2.75) is 24.1 Å². The molecular formula is C25H21BrN4O6. The number of likely N-dealkylation sites (tertiary alicyclic amines) is 1. The van der Waals surface area contributed by atoms with Gasteiger partial charge in [-0.2, -0.15) is 0 Å². The van der Waals surface area contributed by atoms with Gasteiger partial charge < -0.3 is 10.1 Å². The van der Waals surface area contributed by atoms with Crippen LogP contribution in [0.15, 0.2) is 71.2 Å². The highest BCUT2D eigenvalue weighted by Crippen LogP contribution is 2.53. The topological polar surface area (TPSA) is 128 Å². The highest BCUT2D eigenvalue weighted by molar-refractivity contribution is 9.10. The summed E-state index contributed by atoms with van der Waals surface area (Å²) >= 11 is 3.46. The quantitative estimate of drug-likeness (QED) is 0.353. The normalized spacial score (nSPS) is 22.9. The molecule has 3 aromatic rings. The molecule has 1 amide bonds. The second kappa shape index (κ2) is 8.99. The maximum absolute atomic E-state index is 13.4. The molecule has 184 valence electrons. The number of rotatable bonds is 6. The molecule has 0 aromatic heterocycles. The Balaban J connectivity index is 1.55. The van der Waals surface area contributed by atoms with Crippen molar-refractivity contribution in [3.05, 3.63) is 108 Å². The number of hydrogen-bond acceptors (Lipinski definition) is 7. The second-order valence-electron chi connectivity index (χ2n) is 8.88. The summed E-state index contributed by atoms with van der Waals surface area (Å²) in [5.74, 6) is -0.678. The molecule has 36 heavy (non-hydrogen) atoms. The predicted molar refractivity (Wildman–Crippen MR) is 134 cm³/mol. The number of likely N-dealkylation sites (N-methyl/N-ethyl adjacent to an activating group) is 1. The van der Waals surface area contributed by atoms with Crippen LogP contribution in [0, 0.1) is 20.2 Å². The number of anilines is 1. The number of non-ortho nitro benzene ring substituents is 1. The zero-order valence-electron chi connectivity index (χ0n) is 19.1. The van der Waals surface area contributed by atoms with Crippen LogP contribution in [0.5, 0.6) is 5.75 Å². The molecule has 0 saturated carbocycles. The first-order chi connectivity index (χ1) is 17.2. The number of hydrogen-bond donors (Lipinski definition) is 1. The Morgan fingerprint density at radius 3 is 2.64 bits per heavy atom. The molecule has 2 aliphatic heterocycles. The van der Waals surface area contributed by atoms with Gasteiger partial charge in [-0.1, -0.05) is 46.3 Å². The summed E-state index contributed by atoms with van der Waals surface area (Å²) in [6, 6.07) is 17.1. The smallest absolute Gasteiger partial charge is 0.269 e. The van der Waals surface area contributed by atoms with E-state index in [1.165, 1.54) is 12.1 Å². The van der Waals surface area contributed by atoms with Crippen LogP contribution in [-0.4, -0.2) is 40.3 Å². The number of halogens is 1. The standard InChI is InChI=1S/C25H21BrN4O6/c1-28-13-19(23(30(34)35)25(28)20-7-2-3-8-21(20)27-24(25)31)18-12-16(26)9-10-22(18)36-14-15-5-4-6-17(11-15)29(32)33/h2-12,19,23H,13-14H2,1H3,(H,27,31)/t19-,23-,25-/m1/s1. The predicted octanol–water partition coefficient (Wildman–Crippen LogP) is 4.46. The zero-order valence-corrected chi connectivity index (χ0v) is 20.7. The maximum atomic E-state index is 13.4. The summed E-state index contributed by atoms with van der Waals surface area (Å²) in [5.41, 5.74) is 0.801. The van der Waals surface area contributed by atoms with E-state index in [0.29, 0.717) is 32.6 Å². The largest absolute Gasteiger partial charge is 0.489 e. The summed E-state index contributed by atoms with van der Waals surface area (Å²) in [6.07, 6.45) is 0. The Hall–Kier alpha value is -3.83. The third-order valence-corrected chi connectivity index (χ3v) is 7.42. The van der Waals surface area contributed by atoms with Gasteiger partial charge in [0.25, 0.3) is 17.6 Å². The van der Waals surface area contributed by atoms with Crippen LogP contribution in [0.2, 0.25) is 0 Å². The van der Waals surface area contributed by atoms with Crippen LogP contribution in [0.3, 0.4) is 0 Å². The number of nitro benzene ring substituents is 1. The van der Waals surface area contributed by atoms with Crippen LogP contribution in [-0.2, 0) is 16.9 Å². The number of para-hydroxylation sites is 1. The molecule has 11 heteroatoms. The lowest BCUT2D eigenvalue weighted by atomic mass is 9.79. The van der Waals surface area contributed by atoms with E-state index < -0.39 is 28.3 Å². The summed E-state index contributed by atoms with van der Waals surface area (Å²) < 4.78 is 6.76.